The van der Waals surface area contributed by atoms with Crippen LogP contribution in [-0.2, 0) is 6.42 Å². The zero-order valence-corrected chi connectivity index (χ0v) is 13.5. The normalized spacial score (nSPS) is 24.4. The van der Waals surface area contributed by atoms with Crippen LogP contribution in [0.2, 0.25) is 0 Å². The summed E-state index contributed by atoms with van der Waals surface area (Å²) in [6, 6.07) is 0.511. The molecule has 5 heteroatoms. The second-order valence-corrected chi connectivity index (χ2v) is 6.64. The number of aromatic nitrogens is 2. The Hall–Kier alpha value is -0.940. The van der Waals surface area contributed by atoms with Gasteiger partial charge in [-0.1, -0.05) is 25.9 Å². The number of aryl methyl sites for hydroxylation is 1. The van der Waals surface area contributed by atoms with Crippen LogP contribution in [0.5, 0.6) is 0 Å². The molecule has 0 amide bonds. The topological polar surface area (TPSA) is 71.2 Å². The average Bonchev–Trinajstić information content (AvgIpc) is 2.94. The lowest BCUT2D eigenvalue weighted by Gasteiger charge is -2.28. The van der Waals surface area contributed by atoms with Gasteiger partial charge in [0.2, 0.25) is 5.89 Å². The number of nitrogens with one attached hydrogen (secondary N) is 1. The van der Waals surface area contributed by atoms with Gasteiger partial charge < -0.3 is 14.9 Å². The molecule has 1 unspecified atom stereocenters. The van der Waals surface area contributed by atoms with E-state index in [1.54, 1.807) is 0 Å². The van der Waals surface area contributed by atoms with Crippen LogP contribution in [-0.4, -0.2) is 33.9 Å². The molecule has 0 aromatic carbocycles. The first kappa shape index (κ1) is 16.4. The van der Waals surface area contributed by atoms with E-state index in [1.807, 2.05) is 6.92 Å². The van der Waals surface area contributed by atoms with Crippen LogP contribution in [0, 0.1) is 5.92 Å². The summed E-state index contributed by atoms with van der Waals surface area (Å²) in [5.74, 6) is 2.58. The van der Waals surface area contributed by atoms with Gasteiger partial charge in [-0.3, -0.25) is 0 Å². The van der Waals surface area contributed by atoms with Crippen molar-refractivity contribution >= 4 is 0 Å². The maximum Gasteiger partial charge on any atom is 0.229 e. The Labute approximate surface area is 127 Å². The molecule has 120 valence electrons. The van der Waals surface area contributed by atoms with Crippen LogP contribution < -0.4 is 5.32 Å². The second-order valence-electron chi connectivity index (χ2n) is 6.64. The fourth-order valence-electron chi connectivity index (χ4n) is 3.05. The summed E-state index contributed by atoms with van der Waals surface area (Å²) in [5, 5.41) is 17.4. The van der Waals surface area contributed by atoms with Gasteiger partial charge in [0.25, 0.3) is 0 Å². The summed E-state index contributed by atoms with van der Waals surface area (Å²) in [7, 11) is 0. The van der Waals surface area contributed by atoms with Crippen LogP contribution in [0.3, 0.4) is 0 Å². The fourth-order valence-corrected chi connectivity index (χ4v) is 3.05. The Morgan fingerprint density at radius 1 is 1.29 bits per heavy atom. The van der Waals surface area contributed by atoms with Gasteiger partial charge in [0.15, 0.2) is 5.82 Å². The van der Waals surface area contributed by atoms with Crippen molar-refractivity contribution in [3.8, 4) is 0 Å². The fraction of sp³-hybridized carbons (Fsp3) is 0.875. The first-order valence-electron chi connectivity index (χ1n) is 8.32. The van der Waals surface area contributed by atoms with Crippen LogP contribution >= 0.6 is 0 Å². The largest absolute Gasteiger partial charge is 0.392 e. The first-order chi connectivity index (χ1) is 10.1. The van der Waals surface area contributed by atoms with E-state index < -0.39 is 0 Å². The monoisotopic (exact) mass is 295 g/mol. The molecule has 1 aromatic heterocycles. The summed E-state index contributed by atoms with van der Waals surface area (Å²) in [5.41, 5.74) is 0. The van der Waals surface area contributed by atoms with E-state index in [-0.39, 0.29) is 6.10 Å². The summed E-state index contributed by atoms with van der Waals surface area (Å²) < 4.78 is 5.35. The smallest absolute Gasteiger partial charge is 0.229 e. The molecule has 0 bridgehead atoms. The van der Waals surface area contributed by atoms with E-state index in [0.29, 0.717) is 24.4 Å². The molecule has 2 rings (SSSR count). The summed E-state index contributed by atoms with van der Waals surface area (Å²) >= 11 is 0. The van der Waals surface area contributed by atoms with Crippen molar-refractivity contribution in [2.75, 3.05) is 6.54 Å². The Bertz CT molecular complexity index is 411. The third-order valence-electron chi connectivity index (χ3n) is 4.26. The standard InChI is InChI=1S/C16H29N3O2/c1-4-15-18-16(21-19-15)12-5-7-13(8-6-12)17-10-14(20)9-11(2)3/h11-14,17,20H,4-10H2,1-3H3. The van der Waals surface area contributed by atoms with Crippen LogP contribution in [0.4, 0.5) is 0 Å². The van der Waals surface area contributed by atoms with Gasteiger partial charge in [-0.25, -0.2) is 0 Å². The van der Waals surface area contributed by atoms with E-state index in [9.17, 15) is 5.11 Å². The number of hydrogen-bond donors (Lipinski definition) is 2. The Balaban J connectivity index is 1.70. The molecule has 2 N–H and O–H groups in total. The maximum atomic E-state index is 9.91. The summed E-state index contributed by atoms with van der Waals surface area (Å²) in [6.45, 7) is 7.03. The highest BCUT2D eigenvalue weighted by atomic mass is 16.5. The van der Waals surface area contributed by atoms with Gasteiger partial charge in [0, 0.05) is 24.9 Å². The number of nitrogens with zero attached hydrogens (tertiary/aromatic N) is 2. The van der Waals surface area contributed by atoms with Gasteiger partial charge >= 0.3 is 0 Å². The van der Waals surface area contributed by atoms with Gasteiger partial charge in [-0.15, -0.1) is 0 Å². The quantitative estimate of drug-likeness (QED) is 0.809. The van der Waals surface area contributed by atoms with Gasteiger partial charge in [0.1, 0.15) is 0 Å². The highest BCUT2D eigenvalue weighted by Gasteiger charge is 2.26. The van der Waals surface area contributed by atoms with Gasteiger partial charge in [-0.05, 0) is 38.0 Å². The molecule has 0 saturated heterocycles. The molecular formula is C16H29N3O2. The first-order valence-corrected chi connectivity index (χ1v) is 8.32. The van der Waals surface area contributed by atoms with E-state index in [1.165, 1.54) is 0 Å². The van der Waals surface area contributed by atoms with Crippen molar-refractivity contribution in [2.45, 2.75) is 77.4 Å². The molecule has 1 aliphatic rings. The second kappa shape index (κ2) is 7.90. The highest BCUT2D eigenvalue weighted by Crippen LogP contribution is 2.31. The number of rotatable bonds is 7. The Morgan fingerprint density at radius 3 is 2.57 bits per heavy atom. The lowest BCUT2D eigenvalue weighted by molar-refractivity contribution is 0.138. The number of hydrogen-bond acceptors (Lipinski definition) is 5. The molecule has 1 heterocycles. The minimum atomic E-state index is -0.231. The minimum Gasteiger partial charge on any atom is -0.392 e. The lowest BCUT2D eigenvalue weighted by Crippen LogP contribution is -2.38. The van der Waals surface area contributed by atoms with Crippen LogP contribution in [0.25, 0.3) is 0 Å². The molecule has 0 aliphatic heterocycles. The SMILES string of the molecule is CCc1noc(C2CCC(NCC(O)CC(C)C)CC2)n1. The predicted octanol–water partition coefficient (Wildman–Crippen LogP) is 2.65. The minimum absolute atomic E-state index is 0.231. The van der Waals surface area contributed by atoms with E-state index in [0.717, 1.165) is 50.2 Å². The van der Waals surface area contributed by atoms with Crippen molar-refractivity contribution in [1.29, 1.82) is 0 Å². The van der Waals surface area contributed by atoms with Gasteiger partial charge in [-0.2, -0.15) is 4.98 Å². The van der Waals surface area contributed by atoms with Gasteiger partial charge in [0.05, 0.1) is 6.10 Å². The molecule has 1 atom stereocenters. The third-order valence-corrected chi connectivity index (χ3v) is 4.26. The van der Waals surface area contributed by atoms with Crippen molar-refractivity contribution < 1.29 is 9.63 Å². The number of aliphatic hydroxyl groups excluding tert-OH is 1. The predicted molar refractivity (Wildman–Crippen MR) is 82.1 cm³/mol. The summed E-state index contributed by atoms with van der Waals surface area (Å²) in [6.07, 6.45) is 5.86. The van der Waals surface area contributed by atoms with Crippen molar-refractivity contribution in [3.05, 3.63) is 11.7 Å². The molecule has 0 radical (unpaired) electrons. The molecule has 5 nitrogen and oxygen atoms in total. The molecule has 1 fully saturated rings. The number of aliphatic hydroxyl groups is 1. The molecule has 1 saturated carbocycles. The van der Waals surface area contributed by atoms with Crippen molar-refractivity contribution in [3.63, 3.8) is 0 Å². The Morgan fingerprint density at radius 2 is 2.00 bits per heavy atom. The van der Waals surface area contributed by atoms with E-state index in [2.05, 4.69) is 29.3 Å². The van der Waals surface area contributed by atoms with Crippen LogP contribution in [0.15, 0.2) is 4.52 Å². The van der Waals surface area contributed by atoms with Crippen molar-refractivity contribution in [1.82, 2.24) is 15.5 Å². The molecule has 1 aromatic rings. The molecule has 21 heavy (non-hydrogen) atoms. The lowest BCUT2D eigenvalue weighted by atomic mass is 9.86. The van der Waals surface area contributed by atoms with Crippen molar-refractivity contribution in [2.24, 2.45) is 5.92 Å². The third kappa shape index (κ3) is 5.08. The molecular weight excluding hydrogens is 266 g/mol. The average molecular weight is 295 g/mol. The molecule has 1 aliphatic carbocycles. The summed E-state index contributed by atoms with van der Waals surface area (Å²) in [4.78, 5) is 4.45. The highest BCUT2D eigenvalue weighted by molar-refractivity contribution is 4.97. The van der Waals surface area contributed by atoms with E-state index >= 15 is 0 Å². The van der Waals surface area contributed by atoms with E-state index in [4.69, 9.17) is 4.52 Å². The zero-order chi connectivity index (χ0) is 15.2. The Kier molecular flexibility index (Phi) is 6.18. The zero-order valence-electron chi connectivity index (χ0n) is 13.5. The maximum absolute atomic E-state index is 9.91. The van der Waals surface area contributed by atoms with Crippen LogP contribution in [0.1, 0.15) is 70.5 Å². The molecule has 0 spiro atoms.